The van der Waals surface area contributed by atoms with Crippen molar-refractivity contribution in [2.75, 3.05) is 37.6 Å². The molecule has 2 heterocycles. The minimum absolute atomic E-state index is 0.0904. The van der Waals surface area contributed by atoms with E-state index in [1.165, 1.54) is 5.56 Å². The van der Waals surface area contributed by atoms with Crippen molar-refractivity contribution in [2.24, 2.45) is 5.73 Å². The van der Waals surface area contributed by atoms with Gasteiger partial charge in [0.05, 0.1) is 0 Å². The molecule has 0 saturated carbocycles. The summed E-state index contributed by atoms with van der Waals surface area (Å²) in [7, 11) is 0. The van der Waals surface area contributed by atoms with Crippen LogP contribution in [0.25, 0.3) is 0 Å². The molecule has 1 saturated heterocycles. The average molecular weight is 282 g/mol. The highest BCUT2D eigenvalue weighted by Gasteiger charge is 2.19. The van der Waals surface area contributed by atoms with Crippen molar-refractivity contribution in [3.05, 3.63) is 60.3 Å². The van der Waals surface area contributed by atoms with Gasteiger partial charge in [-0.1, -0.05) is 36.4 Å². The van der Waals surface area contributed by atoms with E-state index in [2.05, 4.69) is 33.0 Å². The van der Waals surface area contributed by atoms with E-state index in [0.29, 0.717) is 0 Å². The van der Waals surface area contributed by atoms with Crippen molar-refractivity contribution in [1.29, 1.82) is 0 Å². The molecule has 1 aromatic heterocycles. The zero-order chi connectivity index (χ0) is 14.5. The molecule has 0 bridgehead atoms. The molecule has 0 radical (unpaired) electrons. The standard InChI is InChI=1S/C17H22N4/c18-16(15-6-2-1-3-7-15)14-20-10-12-21(13-11-20)17-8-4-5-9-19-17/h1-9,16H,10-14,18H2/t16-/m1/s1. The first-order chi connectivity index (χ1) is 10.3. The molecule has 0 unspecified atom stereocenters. The predicted molar refractivity (Wildman–Crippen MR) is 86.3 cm³/mol. The Morgan fingerprint density at radius 2 is 1.67 bits per heavy atom. The maximum Gasteiger partial charge on any atom is 0.128 e. The van der Waals surface area contributed by atoms with Crippen LogP contribution in [0, 0.1) is 0 Å². The molecule has 3 rings (SSSR count). The van der Waals surface area contributed by atoms with Crippen LogP contribution >= 0.6 is 0 Å². The molecule has 1 aliphatic rings. The van der Waals surface area contributed by atoms with Gasteiger partial charge in [0.1, 0.15) is 5.82 Å². The summed E-state index contributed by atoms with van der Waals surface area (Å²) in [5.41, 5.74) is 7.52. The number of piperazine rings is 1. The number of benzene rings is 1. The molecule has 1 fully saturated rings. The van der Waals surface area contributed by atoms with Crippen LogP contribution in [0.4, 0.5) is 5.82 Å². The van der Waals surface area contributed by atoms with Crippen LogP contribution in [0.1, 0.15) is 11.6 Å². The Morgan fingerprint density at radius 1 is 0.952 bits per heavy atom. The highest BCUT2D eigenvalue weighted by molar-refractivity contribution is 5.38. The first kappa shape index (κ1) is 14.0. The van der Waals surface area contributed by atoms with Gasteiger partial charge in [0, 0.05) is 45.0 Å². The Morgan fingerprint density at radius 3 is 2.33 bits per heavy atom. The summed E-state index contributed by atoms with van der Waals surface area (Å²) >= 11 is 0. The number of rotatable bonds is 4. The molecule has 1 atom stereocenters. The van der Waals surface area contributed by atoms with Gasteiger partial charge in [-0.05, 0) is 17.7 Å². The molecule has 2 N–H and O–H groups in total. The number of nitrogens with two attached hydrogens (primary N) is 1. The molecule has 1 aromatic carbocycles. The zero-order valence-electron chi connectivity index (χ0n) is 12.2. The van der Waals surface area contributed by atoms with Gasteiger partial charge >= 0.3 is 0 Å². The maximum absolute atomic E-state index is 6.30. The van der Waals surface area contributed by atoms with Crippen molar-refractivity contribution in [1.82, 2.24) is 9.88 Å². The smallest absolute Gasteiger partial charge is 0.128 e. The monoisotopic (exact) mass is 282 g/mol. The van der Waals surface area contributed by atoms with Gasteiger partial charge in [0.15, 0.2) is 0 Å². The molecule has 110 valence electrons. The van der Waals surface area contributed by atoms with Crippen molar-refractivity contribution in [2.45, 2.75) is 6.04 Å². The molecular weight excluding hydrogens is 260 g/mol. The van der Waals surface area contributed by atoms with Crippen LogP contribution in [0.15, 0.2) is 54.7 Å². The molecule has 2 aromatic rings. The fourth-order valence-corrected chi connectivity index (χ4v) is 2.78. The molecule has 0 amide bonds. The van der Waals surface area contributed by atoms with Gasteiger partial charge in [-0.2, -0.15) is 0 Å². The fourth-order valence-electron chi connectivity index (χ4n) is 2.78. The first-order valence-electron chi connectivity index (χ1n) is 7.52. The highest BCUT2D eigenvalue weighted by atomic mass is 15.3. The second-order valence-corrected chi connectivity index (χ2v) is 5.49. The van der Waals surface area contributed by atoms with E-state index in [9.17, 15) is 0 Å². The quantitative estimate of drug-likeness (QED) is 0.930. The molecule has 4 heteroatoms. The van der Waals surface area contributed by atoms with Crippen molar-refractivity contribution in [3.8, 4) is 0 Å². The minimum atomic E-state index is 0.0904. The number of aromatic nitrogens is 1. The molecule has 0 spiro atoms. The van der Waals surface area contributed by atoms with Gasteiger partial charge < -0.3 is 10.6 Å². The second-order valence-electron chi connectivity index (χ2n) is 5.49. The van der Waals surface area contributed by atoms with Gasteiger partial charge in [0.25, 0.3) is 0 Å². The summed E-state index contributed by atoms with van der Waals surface area (Å²) in [6.45, 7) is 5.02. The van der Waals surface area contributed by atoms with Crippen molar-refractivity contribution >= 4 is 5.82 Å². The SMILES string of the molecule is N[C@H](CN1CCN(c2ccccn2)CC1)c1ccccc1. The van der Waals surface area contributed by atoms with E-state index in [1.54, 1.807) is 0 Å². The Kier molecular flexibility index (Phi) is 4.48. The van der Waals surface area contributed by atoms with E-state index in [1.807, 2.05) is 36.5 Å². The van der Waals surface area contributed by atoms with Crippen LogP contribution in [-0.2, 0) is 0 Å². The maximum atomic E-state index is 6.30. The fraction of sp³-hybridized carbons (Fsp3) is 0.353. The van der Waals surface area contributed by atoms with Crippen LogP contribution in [0.2, 0.25) is 0 Å². The molecule has 0 aliphatic carbocycles. The summed E-state index contributed by atoms with van der Waals surface area (Å²) in [6.07, 6.45) is 1.85. The van der Waals surface area contributed by atoms with Gasteiger partial charge in [-0.3, -0.25) is 4.90 Å². The lowest BCUT2D eigenvalue weighted by atomic mass is 10.1. The van der Waals surface area contributed by atoms with Crippen LogP contribution in [0.3, 0.4) is 0 Å². The lowest BCUT2D eigenvalue weighted by Crippen LogP contribution is -2.48. The van der Waals surface area contributed by atoms with Gasteiger partial charge in [-0.15, -0.1) is 0 Å². The van der Waals surface area contributed by atoms with Gasteiger partial charge in [-0.25, -0.2) is 4.98 Å². The number of pyridine rings is 1. The molecule has 4 nitrogen and oxygen atoms in total. The lowest BCUT2D eigenvalue weighted by molar-refractivity contribution is 0.243. The predicted octanol–water partition coefficient (Wildman–Crippen LogP) is 1.90. The van der Waals surface area contributed by atoms with Crippen molar-refractivity contribution < 1.29 is 0 Å². The third kappa shape index (κ3) is 3.60. The summed E-state index contributed by atoms with van der Waals surface area (Å²) in [5.74, 6) is 1.07. The largest absolute Gasteiger partial charge is 0.354 e. The van der Waals surface area contributed by atoms with Crippen LogP contribution < -0.4 is 10.6 Å². The highest BCUT2D eigenvalue weighted by Crippen LogP contribution is 2.15. The molecule has 1 aliphatic heterocycles. The third-order valence-corrected chi connectivity index (χ3v) is 4.03. The summed E-state index contributed by atoms with van der Waals surface area (Å²) in [4.78, 5) is 9.20. The summed E-state index contributed by atoms with van der Waals surface area (Å²) in [5, 5.41) is 0. The van der Waals surface area contributed by atoms with Crippen molar-refractivity contribution in [3.63, 3.8) is 0 Å². The lowest BCUT2D eigenvalue weighted by Gasteiger charge is -2.36. The minimum Gasteiger partial charge on any atom is -0.354 e. The molecule has 21 heavy (non-hydrogen) atoms. The van der Waals surface area contributed by atoms with E-state index in [0.717, 1.165) is 38.5 Å². The number of hydrogen-bond donors (Lipinski definition) is 1. The Hall–Kier alpha value is -1.91. The first-order valence-corrected chi connectivity index (χ1v) is 7.52. The van der Waals surface area contributed by atoms with E-state index < -0.39 is 0 Å². The third-order valence-electron chi connectivity index (χ3n) is 4.03. The number of nitrogens with zero attached hydrogens (tertiary/aromatic N) is 3. The molecular formula is C17H22N4. The Bertz CT molecular complexity index is 535. The summed E-state index contributed by atoms with van der Waals surface area (Å²) < 4.78 is 0. The van der Waals surface area contributed by atoms with E-state index >= 15 is 0 Å². The summed E-state index contributed by atoms with van der Waals surface area (Å²) in [6, 6.07) is 16.5. The normalized spacial score (nSPS) is 17.7. The number of hydrogen-bond acceptors (Lipinski definition) is 4. The van der Waals surface area contributed by atoms with E-state index in [4.69, 9.17) is 5.73 Å². The van der Waals surface area contributed by atoms with Gasteiger partial charge in [0.2, 0.25) is 0 Å². The van der Waals surface area contributed by atoms with Crippen LogP contribution in [-0.4, -0.2) is 42.6 Å². The van der Waals surface area contributed by atoms with E-state index in [-0.39, 0.29) is 6.04 Å². The Balaban J connectivity index is 1.52. The zero-order valence-corrected chi connectivity index (χ0v) is 12.2. The average Bonchev–Trinajstić information content (AvgIpc) is 2.57. The Labute approximate surface area is 126 Å². The second kappa shape index (κ2) is 6.70. The van der Waals surface area contributed by atoms with Crippen LogP contribution in [0.5, 0.6) is 0 Å². The topological polar surface area (TPSA) is 45.4 Å². The number of anilines is 1.